The van der Waals surface area contributed by atoms with E-state index in [-0.39, 0.29) is 0 Å². The average Bonchev–Trinajstić information content (AvgIpc) is 3.25. The maximum Gasteiger partial charge on any atom is 0.136 e. The van der Waals surface area contributed by atoms with Crippen molar-refractivity contribution in [2.24, 2.45) is 0 Å². The number of anilines is 1. The molecule has 0 bridgehead atoms. The van der Waals surface area contributed by atoms with E-state index < -0.39 is 0 Å². The van der Waals surface area contributed by atoms with Crippen LogP contribution in [0.3, 0.4) is 0 Å². The first-order chi connectivity index (χ1) is 11.7. The van der Waals surface area contributed by atoms with Crippen LogP contribution in [0.25, 0.3) is 0 Å². The van der Waals surface area contributed by atoms with Crippen molar-refractivity contribution in [1.82, 2.24) is 19.9 Å². The highest BCUT2D eigenvalue weighted by atomic mass is 32.1. The lowest BCUT2D eigenvalue weighted by Crippen LogP contribution is -2.32. The first-order valence-corrected chi connectivity index (χ1v) is 9.75. The van der Waals surface area contributed by atoms with Crippen molar-refractivity contribution >= 4 is 17.2 Å². The van der Waals surface area contributed by atoms with Crippen molar-refractivity contribution in [3.05, 3.63) is 33.7 Å². The van der Waals surface area contributed by atoms with Crippen molar-refractivity contribution < 1.29 is 0 Å². The molecule has 1 aliphatic heterocycles. The van der Waals surface area contributed by atoms with Crippen molar-refractivity contribution in [2.75, 3.05) is 25.5 Å². The van der Waals surface area contributed by atoms with Gasteiger partial charge in [-0.25, -0.2) is 15.0 Å². The monoisotopic (exact) mass is 343 g/mol. The van der Waals surface area contributed by atoms with Gasteiger partial charge < -0.3 is 4.90 Å². The van der Waals surface area contributed by atoms with Crippen LogP contribution in [0.2, 0.25) is 0 Å². The molecule has 0 unspecified atom stereocenters. The molecule has 1 aliphatic carbocycles. The van der Waals surface area contributed by atoms with E-state index in [1.807, 2.05) is 11.3 Å². The molecule has 2 aliphatic rings. The van der Waals surface area contributed by atoms with Gasteiger partial charge in [-0.1, -0.05) is 12.8 Å². The average molecular weight is 344 g/mol. The largest absolute Gasteiger partial charge is 0.362 e. The van der Waals surface area contributed by atoms with Crippen LogP contribution in [0.1, 0.15) is 53.6 Å². The van der Waals surface area contributed by atoms with Crippen LogP contribution in [0.5, 0.6) is 0 Å². The Morgan fingerprint density at radius 1 is 1.25 bits per heavy atom. The van der Waals surface area contributed by atoms with E-state index >= 15 is 0 Å². The molecule has 6 heteroatoms. The van der Waals surface area contributed by atoms with Crippen LogP contribution >= 0.6 is 11.3 Å². The van der Waals surface area contributed by atoms with Crippen molar-refractivity contribution in [3.8, 4) is 0 Å². The van der Waals surface area contributed by atoms with E-state index in [2.05, 4.69) is 39.2 Å². The Labute approximate surface area is 147 Å². The molecule has 0 atom stereocenters. The van der Waals surface area contributed by atoms with Gasteiger partial charge >= 0.3 is 0 Å². The second-order valence-corrected chi connectivity index (χ2v) is 8.03. The first kappa shape index (κ1) is 16.0. The second kappa shape index (κ2) is 6.76. The molecule has 4 rings (SSSR count). The summed E-state index contributed by atoms with van der Waals surface area (Å²) in [5.41, 5.74) is 3.71. The molecular formula is C18H25N5S. The Hall–Kier alpha value is -1.53. The van der Waals surface area contributed by atoms with Gasteiger partial charge in [0.2, 0.25) is 0 Å². The van der Waals surface area contributed by atoms with Crippen LogP contribution in [0.15, 0.2) is 11.7 Å². The fraction of sp³-hybridized carbons (Fsp3) is 0.611. The van der Waals surface area contributed by atoms with Gasteiger partial charge in [-0.3, -0.25) is 4.90 Å². The number of hydrogen-bond acceptors (Lipinski definition) is 6. The number of nitrogens with zero attached hydrogens (tertiary/aromatic N) is 5. The fourth-order valence-corrected chi connectivity index (χ4v) is 4.87. The van der Waals surface area contributed by atoms with Crippen LogP contribution in [-0.4, -0.2) is 40.5 Å². The van der Waals surface area contributed by atoms with E-state index in [1.165, 1.54) is 47.6 Å². The van der Waals surface area contributed by atoms with E-state index in [0.717, 1.165) is 37.8 Å². The number of fused-ring (bicyclic) bond motifs is 1. The van der Waals surface area contributed by atoms with Gasteiger partial charge in [-0.2, -0.15) is 0 Å². The van der Waals surface area contributed by atoms with Crippen LogP contribution in [-0.2, 0) is 19.5 Å². The third kappa shape index (κ3) is 3.17. The number of hydrogen-bond donors (Lipinski definition) is 0. The van der Waals surface area contributed by atoms with Gasteiger partial charge in [-0.05, 0) is 12.8 Å². The zero-order chi connectivity index (χ0) is 16.5. The molecule has 0 spiro atoms. The molecule has 3 heterocycles. The zero-order valence-electron chi connectivity index (χ0n) is 14.5. The molecule has 0 aromatic carbocycles. The summed E-state index contributed by atoms with van der Waals surface area (Å²) in [5.74, 6) is 1.77. The summed E-state index contributed by atoms with van der Waals surface area (Å²) in [6.45, 7) is 2.90. The Bertz CT molecular complexity index is 705. The van der Waals surface area contributed by atoms with E-state index in [1.54, 1.807) is 6.33 Å². The molecule has 5 nitrogen and oxygen atoms in total. The number of aromatic nitrogens is 3. The minimum atomic E-state index is 0.722. The first-order valence-electron chi connectivity index (χ1n) is 8.87. The Morgan fingerprint density at radius 3 is 2.88 bits per heavy atom. The van der Waals surface area contributed by atoms with Gasteiger partial charge in [0.15, 0.2) is 0 Å². The van der Waals surface area contributed by atoms with Crippen LogP contribution < -0.4 is 4.90 Å². The molecule has 0 N–H and O–H groups in total. The van der Waals surface area contributed by atoms with Gasteiger partial charge in [-0.15, -0.1) is 11.3 Å². The highest BCUT2D eigenvalue weighted by Gasteiger charge is 2.24. The Kier molecular flexibility index (Phi) is 4.50. The quantitative estimate of drug-likeness (QED) is 0.853. The SMILES string of the molecule is CN(C)c1ncnc2c1CN(Cc1csc(C3CCCC3)n1)CC2. The smallest absolute Gasteiger partial charge is 0.136 e. The predicted molar refractivity (Wildman–Crippen MR) is 97.5 cm³/mol. The summed E-state index contributed by atoms with van der Waals surface area (Å²) >= 11 is 1.86. The lowest BCUT2D eigenvalue weighted by molar-refractivity contribution is 0.240. The molecule has 0 saturated heterocycles. The zero-order valence-corrected chi connectivity index (χ0v) is 15.3. The van der Waals surface area contributed by atoms with Crippen molar-refractivity contribution in [1.29, 1.82) is 0 Å². The number of rotatable bonds is 4. The Balaban J connectivity index is 1.47. The Morgan fingerprint density at radius 2 is 2.08 bits per heavy atom. The summed E-state index contributed by atoms with van der Waals surface area (Å²) in [4.78, 5) is 18.4. The van der Waals surface area contributed by atoms with E-state index in [9.17, 15) is 0 Å². The van der Waals surface area contributed by atoms with Crippen molar-refractivity contribution in [2.45, 2.75) is 51.1 Å². The number of thiazole rings is 1. The molecule has 0 amide bonds. The molecule has 1 saturated carbocycles. The minimum Gasteiger partial charge on any atom is -0.362 e. The van der Waals surface area contributed by atoms with Gasteiger partial charge in [0.1, 0.15) is 12.1 Å². The van der Waals surface area contributed by atoms with Crippen LogP contribution in [0, 0.1) is 0 Å². The third-order valence-corrected chi connectivity index (χ3v) is 6.20. The summed E-state index contributed by atoms with van der Waals surface area (Å²) in [7, 11) is 4.10. The lowest BCUT2D eigenvalue weighted by atomic mass is 10.1. The predicted octanol–water partition coefficient (Wildman–Crippen LogP) is 3.22. The standard InChI is InChI=1S/C18H25N5S/c1-22(2)17-15-10-23(8-7-16(15)19-12-20-17)9-14-11-24-18(21-14)13-5-3-4-6-13/h11-13H,3-10H2,1-2H3. The van der Waals surface area contributed by atoms with Crippen LogP contribution in [0.4, 0.5) is 5.82 Å². The van der Waals surface area contributed by atoms with E-state index in [0.29, 0.717) is 0 Å². The summed E-state index contributed by atoms with van der Waals surface area (Å²) in [6, 6.07) is 0. The van der Waals surface area contributed by atoms with Gasteiger partial charge in [0.25, 0.3) is 0 Å². The molecule has 2 aromatic heterocycles. The summed E-state index contributed by atoms with van der Waals surface area (Å²) in [5, 5.41) is 3.62. The third-order valence-electron chi connectivity index (χ3n) is 5.14. The maximum atomic E-state index is 4.94. The molecule has 0 radical (unpaired) electrons. The van der Waals surface area contributed by atoms with Crippen molar-refractivity contribution in [3.63, 3.8) is 0 Å². The highest BCUT2D eigenvalue weighted by Crippen LogP contribution is 2.36. The molecule has 128 valence electrons. The summed E-state index contributed by atoms with van der Waals surface area (Å²) < 4.78 is 0. The lowest BCUT2D eigenvalue weighted by Gasteiger charge is -2.29. The topological polar surface area (TPSA) is 45.2 Å². The second-order valence-electron chi connectivity index (χ2n) is 7.14. The van der Waals surface area contributed by atoms with E-state index in [4.69, 9.17) is 4.98 Å². The fourth-order valence-electron chi connectivity index (χ4n) is 3.89. The molecule has 24 heavy (non-hydrogen) atoms. The highest BCUT2D eigenvalue weighted by molar-refractivity contribution is 7.09. The van der Waals surface area contributed by atoms with Gasteiger partial charge in [0, 0.05) is 57.0 Å². The molecular weight excluding hydrogens is 318 g/mol. The van der Waals surface area contributed by atoms with Gasteiger partial charge in [0.05, 0.1) is 16.4 Å². The minimum absolute atomic E-state index is 0.722. The maximum absolute atomic E-state index is 4.94. The normalized spacial score (nSPS) is 18.8. The summed E-state index contributed by atoms with van der Waals surface area (Å²) in [6.07, 6.45) is 8.09. The molecule has 2 aromatic rings. The molecule has 1 fully saturated rings.